The normalized spacial score (nSPS) is 34.8. The summed E-state index contributed by atoms with van der Waals surface area (Å²) in [6, 6.07) is 0. The average molecular weight is 276 g/mol. The number of hydrogen-bond acceptors (Lipinski definition) is 3. The largest absolute Gasteiger partial charge is 0.461 e. The SMILES string of the molecule is CC(=O)O[C@H]1CC=C[C@@H]2CC(=O)CC[C@@]21C(F)(F)F. The molecule has 106 valence electrons. The van der Waals surface area contributed by atoms with Gasteiger partial charge in [-0.05, 0) is 6.42 Å². The van der Waals surface area contributed by atoms with Gasteiger partial charge in [0.25, 0.3) is 0 Å². The van der Waals surface area contributed by atoms with Crippen molar-refractivity contribution in [3.8, 4) is 0 Å². The molecule has 1 fully saturated rings. The van der Waals surface area contributed by atoms with Crippen LogP contribution in [0, 0.1) is 11.3 Å². The van der Waals surface area contributed by atoms with Gasteiger partial charge in [0.15, 0.2) is 0 Å². The lowest BCUT2D eigenvalue weighted by atomic mass is 9.59. The standard InChI is InChI=1S/C13H15F3O3/c1-8(17)19-11-4-2-3-9-7-10(18)5-6-12(9,11)13(14,15)16/h2-3,9,11H,4-7H2,1H3/t9-,11+,12-/m1/s1. The van der Waals surface area contributed by atoms with Gasteiger partial charge in [-0.1, -0.05) is 12.2 Å². The summed E-state index contributed by atoms with van der Waals surface area (Å²) in [5.41, 5.74) is -2.11. The summed E-state index contributed by atoms with van der Waals surface area (Å²) in [6.07, 6.45) is -3.20. The number of allylic oxidation sites excluding steroid dienone is 1. The summed E-state index contributed by atoms with van der Waals surface area (Å²) >= 11 is 0. The molecule has 0 bridgehead atoms. The summed E-state index contributed by atoms with van der Waals surface area (Å²) in [7, 11) is 0. The zero-order valence-corrected chi connectivity index (χ0v) is 10.5. The second kappa shape index (κ2) is 4.65. The summed E-state index contributed by atoms with van der Waals surface area (Å²) < 4.78 is 45.6. The molecule has 1 saturated carbocycles. The summed E-state index contributed by atoms with van der Waals surface area (Å²) in [5, 5.41) is 0. The van der Waals surface area contributed by atoms with Crippen LogP contribution in [0.3, 0.4) is 0 Å². The molecule has 3 nitrogen and oxygen atoms in total. The topological polar surface area (TPSA) is 43.4 Å². The van der Waals surface area contributed by atoms with Gasteiger partial charge < -0.3 is 4.74 Å². The number of ether oxygens (including phenoxy) is 1. The lowest BCUT2D eigenvalue weighted by molar-refractivity contribution is -0.280. The van der Waals surface area contributed by atoms with E-state index in [0.29, 0.717) is 0 Å². The van der Waals surface area contributed by atoms with Crippen molar-refractivity contribution in [2.75, 3.05) is 0 Å². The van der Waals surface area contributed by atoms with E-state index in [2.05, 4.69) is 0 Å². The van der Waals surface area contributed by atoms with Crippen molar-refractivity contribution in [3.05, 3.63) is 12.2 Å². The van der Waals surface area contributed by atoms with Crippen molar-refractivity contribution in [2.45, 2.75) is 44.9 Å². The van der Waals surface area contributed by atoms with Gasteiger partial charge >= 0.3 is 12.1 Å². The Labute approximate surface area is 108 Å². The summed E-state index contributed by atoms with van der Waals surface area (Å²) in [5.74, 6) is -1.82. The third kappa shape index (κ3) is 2.28. The number of esters is 1. The Morgan fingerprint density at radius 3 is 2.74 bits per heavy atom. The minimum absolute atomic E-state index is 0.0454. The van der Waals surface area contributed by atoms with Crippen molar-refractivity contribution in [2.24, 2.45) is 11.3 Å². The number of halogens is 3. The lowest BCUT2D eigenvalue weighted by Gasteiger charge is -2.49. The van der Waals surface area contributed by atoms with Gasteiger partial charge in [0, 0.05) is 32.1 Å². The molecule has 2 aliphatic rings. The fraction of sp³-hybridized carbons (Fsp3) is 0.692. The molecule has 3 atom stereocenters. The Kier molecular flexibility index (Phi) is 3.45. The van der Waals surface area contributed by atoms with Gasteiger partial charge in [-0.3, -0.25) is 9.59 Å². The molecule has 19 heavy (non-hydrogen) atoms. The number of carbonyl (C=O) groups excluding carboxylic acids is 2. The third-order valence-electron chi connectivity index (χ3n) is 4.06. The molecule has 0 spiro atoms. The highest BCUT2D eigenvalue weighted by atomic mass is 19.4. The van der Waals surface area contributed by atoms with Crippen LogP contribution in [0.25, 0.3) is 0 Å². The first-order valence-corrected chi connectivity index (χ1v) is 6.19. The molecule has 0 radical (unpaired) electrons. The molecule has 2 aliphatic carbocycles. The molecule has 0 aromatic rings. The fourth-order valence-corrected chi connectivity index (χ4v) is 3.17. The number of rotatable bonds is 1. The Morgan fingerprint density at radius 2 is 2.16 bits per heavy atom. The molecule has 0 aliphatic heterocycles. The fourth-order valence-electron chi connectivity index (χ4n) is 3.17. The predicted molar refractivity (Wildman–Crippen MR) is 60.1 cm³/mol. The van der Waals surface area contributed by atoms with Gasteiger partial charge in [0.05, 0.1) is 0 Å². The molecule has 0 aromatic heterocycles. The second-order valence-electron chi connectivity index (χ2n) is 5.15. The molecule has 6 heteroatoms. The van der Waals surface area contributed by atoms with E-state index in [0.717, 1.165) is 6.92 Å². The van der Waals surface area contributed by atoms with E-state index in [1.165, 1.54) is 6.08 Å². The number of fused-ring (bicyclic) bond motifs is 1. The highest BCUT2D eigenvalue weighted by molar-refractivity contribution is 5.80. The van der Waals surface area contributed by atoms with Crippen LogP contribution >= 0.6 is 0 Å². The number of hydrogen-bond donors (Lipinski definition) is 0. The van der Waals surface area contributed by atoms with Gasteiger partial charge in [0.2, 0.25) is 0 Å². The van der Waals surface area contributed by atoms with Crippen LogP contribution in [0.1, 0.15) is 32.6 Å². The first-order valence-electron chi connectivity index (χ1n) is 6.19. The van der Waals surface area contributed by atoms with Gasteiger partial charge in [-0.2, -0.15) is 13.2 Å². The first kappa shape index (κ1) is 14.1. The van der Waals surface area contributed by atoms with Crippen LogP contribution < -0.4 is 0 Å². The Morgan fingerprint density at radius 1 is 1.47 bits per heavy atom. The number of alkyl halides is 3. The Hall–Kier alpha value is -1.33. The monoisotopic (exact) mass is 276 g/mol. The summed E-state index contributed by atoms with van der Waals surface area (Å²) in [6.45, 7) is 1.10. The van der Waals surface area contributed by atoms with Crippen molar-refractivity contribution in [3.63, 3.8) is 0 Å². The van der Waals surface area contributed by atoms with E-state index in [9.17, 15) is 22.8 Å². The smallest absolute Gasteiger partial charge is 0.398 e. The van der Waals surface area contributed by atoms with Crippen LogP contribution in [0.5, 0.6) is 0 Å². The number of ketones is 1. The second-order valence-corrected chi connectivity index (χ2v) is 5.15. The maximum Gasteiger partial charge on any atom is 0.398 e. The van der Waals surface area contributed by atoms with Crippen LogP contribution in [-0.4, -0.2) is 24.0 Å². The predicted octanol–water partition coefficient (Wildman–Crippen LogP) is 2.80. The zero-order valence-electron chi connectivity index (χ0n) is 10.5. The number of carbonyl (C=O) groups is 2. The van der Waals surface area contributed by atoms with Gasteiger partial charge in [-0.15, -0.1) is 0 Å². The maximum absolute atomic E-state index is 13.6. The molecule has 0 saturated heterocycles. The van der Waals surface area contributed by atoms with E-state index in [-0.39, 0.29) is 31.5 Å². The molecule has 0 N–H and O–H groups in total. The van der Waals surface area contributed by atoms with Crippen LogP contribution in [0.2, 0.25) is 0 Å². The van der Waals surface area contributed by atoms with E-state index < -0.39 is 29.6 Å². The molecular weight excluding hydrogens is 261 g/mol. The van der Waals surface area contributed by atoms with Crippen LogP contribution in [-0.2, 0) is 14.3 Å². The van der Waals surface area contributed by atoms with Crippen LogP contribution in [0.4, 0.5) is 13.2 Å². The van der Waals surface area contributed by atoms with E-state index in [1.54, 1.807) is 6.08 Å². The lowest BCUT2D eigenvalue weighted by Crippen LogP contribution is -2.57. The third-order valence-corrected chi connectivity index (χ3v) is 4.06. The van der Waals surface area contributed by atoms with Crippen LogP contribution in [0.15, 0.2) is 12.2 Å². The van der Waals surface area contributed by atoms with E-state index in [4.69, 9.17) is 4.74 Å². The zero-order chi connectivity index (χ0) is 14.3. The van der Waals surface area contributed by atoms with E-state index in [1.807, 2.05) is 0 Å². The highest BCUT2D eigenvalue weighted by Crippen LogP contribution is 2.57. The minimum atomic E-state index is -4.50. The highest BCUT2D eigenvalue weighted by Gasteiger charge is 2.65. The molecular formula is C13H15F3O3. The average Bonchev–Trinajstić information content (AvgIpc) is 2.26. The van der Waals surface area contributed by atoms with E-state index >= 15 is 0 Å². The van der Waals surface area contributed by atoms with Crippen molar-refractivity contribution < 1.29 is 27.5 Å². The van der Waals surface area contributed by atoms with Gasteiger partial charge in [0.1, 0.15) is 17.3 Å². The first-order chi connectivity index (χ1) is 8.77. The number of Topliss-reactive ketones (excluding diaryl/α,β-unsaturated/α-hetero) is 1. The minimum Gasteiger partial charge on any atom is -0.461 e. The van der Waals surface area contributed by atoms with Crippen molar-refractivity contribution in [1.82, 2.24) is 0 Å². The molecule has 0 unspecified atom stereocenters. The Balaban J connectivity index is 2.43. The van der Waals surface area contributed by atoms with Crippen molar-refractivity contribution in [1.29, 1.82) is 0 Å². The Bertz CT molecular complexity index is 427. The summed E-state index contributed by atoms with van der Waals surface area (Å²) in [4.78, 5) is 22.4. The molecule has 0 heterocycles. The molecule has 0 amide bonds. The quantitative estimate of drug-likeness (QED) is 0.546. The molecule has 0 aromatic carbocycles. The molecule has 2 rings (SSSR count). The maximum atomic E-state index is 13.6. The van der Waals surface area contributed by atoms with Crippen molar-refractivity contribution >= 4 is 11.8 Å². The van der Waals surface area contributed by atoms with Gasteiger partial charge in [-0.25, -0.2) is 0 Å².